The molecule has 23 heavy (non-hydrogen) atoms. The third-order valence-electron chi connectivity index (χ3n) is 3.20. The maximum atomic E-state index is 13.4. The van der Waals surface area contributed by atoms with E-state index in [4.69, 9.17) is 11.6 Å². The van der Waals surface area contributed by atoms with Crippen molar-refractivity contribution in [3.05, 3.63) is 69.5 Å². The Labute approximate surface area is 144 Å². The third kappa shape index (κ3) is 3.13. The van der Waals surface area contributed by atoms with Gasteiger partial charge in [-0.3, -0.25) is 0 Å². The second kappa shape index (κ2) is 6.14. The van der Waals surface area contributed by atoms with Crippen LogP contribution in [0.15, 0.2) is 53.0 Å². The summed E-state index contributed by atoms with van der Waals surface area (Å²) in [6, 6.07) is 12.9. The summed E-state index contributed by atoms with van der Waals surface area (Å²) in [6.45, 7) is 0. The van der Waals surface area contributed by atoms with E-state index in [1.165, 1.54) is 28.9 Å². The molecule has 2 aromatic carbocycles. The lowest BCUT2D eigenvalue weighted by molar-refractivity contribution is 0.0690. The minimum Gasteiger partial charge on any atom is -0.476 e. The number of rotatable bonds is 3. The topological polar surface area (TPSA) is 55.1 Å². The van der Waals surface area contributed by atoms with Gasteiger partial charge in [-0.1, -0.05) is 33.6 Å². The fourth-order valence-corrected chi connectivity index (χ4v) is 2.72. The van der Waals surface area contributed by atoms with Gasteiger partial charge in [0.05, 0.1) is 16.4 Å². The molecular formula is C16H9BrClFN2O2. The second-order valence-electron chi connectivity index (χ2n) is 4.74. The third-order valence-corrected chi connectivity index (χ3v) is 3.98. The first-order chi connectivity index (χ1) is 11.0. The van der Waals surface area contributed by atoms with Crippen molar-refractivity contribution in [3.8, 4) is 16.9 Å². The molecule has 0 bridgehead atoms. The van der Waals surface area contributed by atoms with Crippen molar-refractivity contribution in [2.24, 2.45) is 0 Å². The predicted octanol–water partition coefficient (Wildman–Crippen LogP) is 4.79. The summed E-state index contributed by atoms with van der Waals surface area (Å²) >= 11 is 9.20. The van der Waals surface area contributed by atoms with Crippen LogP contribution in [0.25, 0.3) is 16.9 Å². The average molecular weight is 396 g/mol. The quantitative estimate of drug-likeness (QED) is 0.693. The SMILES string of the molecule is O=C(O)c1cc(-c2ccc(F)c(Cl)c2)n(-c2cccc(Br)c2)n1. The Morgan fingerprint density at radius 3 is 2.65 bits per heavy atom. The number of hydrogen-bond acceptors (Lipinski definition) is 2. The molecule has 116 valence electrons. The summed E-state index contributed by atoms with van der Waals surface area (Å²) in [7, 11) is 0. The van der Waals surface area contributed by atoms with Crippen LogP contribution in [0.2, 0.25) is 5.02 Å². The van der Waals surface area contributed by atoms with Gasteiger partial charge in [0.25, 0.3) is 0 Å². The zero-order chi connectivity index (χ0) is 16.6. The van der Waals surface area contributed by atoms with Gasteiger partial charge in [0, 0.05) is 10.0 Å². The van der Waals surface area contributed by atoms with Crippen LogP contribution in [0.3, 0.4) is 0 Å². The van der Waals surface area contributed by atoms with Crippen molar-refractivity contribution < 1.29 is 14.3 Å². The van der Waals surface area contributed by atoms with E-state index in [-0.39, 0.29) is 10.7 Å². The highest BCUT2D eigenvalue weighted by atomic mass is 79.9. The van der Waals surface area contributed by atoms with Gasteiger partial charge in [-0.15, -0.1) is 0 Å². The number of halogens is 3. The molecule has 0 saturated carbocycles. The van der Waals surface area contributed by atoms with Gasteiger partial charge in [-0.25, -0.2) is 13.9 Å². The Morgan fingerprint density at radius 2 is 2.00 bits per heavy atom. The molecule has 1 N–H and O–H groups in total. The summed E-state index contributed by atoms with van der Waals surface area (Å²) in [5.41, 5.74) is 1.63. The van der Waals surface area contributed by atoms with E-state index in [0.717, 1.165) is 4.47 Å². The van der Waals surface area contributed by atoms with Crippen molar-refractivity contribution in [2.45, 2.75) is 0 Å². The summed E-state index contributed by atoms with van der Waals surface area (Å²) in [4.78, 5) is 11.2. The first-order valence-corrected chi connectivity index (χ1v) is 7.67. The molecule has 3 rings (SSSR count). The second-order valence-corrected chi connectivity index (χ2v) is 6.06. The van der Waals surface area contributed by atoms with Gasteiger partial charge in [0.15, 0.2) is 5.69 Å². The largest absolute Gasteiger partial charge is 0.476 e. The van der Waals surface area contributed by atoms with Crippen molar-refractivity contribution >= 4 is 33.5 Å². The molecule has 4 nitrogen and oxygen atoms in total. The minimum atomic E-state index is -1.15. The zero-order valence-electron chi connectivity index (χ0n) is 11.5. The lowest BCUT2D eigenvalue weighted by Crippen LogP contribution is -2.02. The Kier molecular flexibility index (Phi) is 4.19. The fourth-order valence-electron chi connectivity index (χ4n) is 2.15. The van der Waals surface area contributed by atoms with E-state index in [1.54, 1.807) is 12.1 Å². The molecule has 1 heterocycles. The van der Waals surface area contributed by atoms with Crippen LogP contribution in [0.4, 0.5) is 4.39 Å². The van der Waals surface area contributed by atoms with Crippen LogP contribution >= 0.6 is 27.5 Å². The van der Waals surface area contributed by atoms with E-state index in [2.05, 4.69) is 21.0 Å². The van der Waals surface area contributed by atoms with E-state index in [1.807, 2.05) is 12.1 Å². The number of aromatic carboxylic acids is 1. The summed E-state index contributed by atoms with van der Waals surface area (Å²) in [5.74, 6) is -1.68. The highest BCUT2D eigenvalue weighted by Gasteiger charge is 2.17. The summed E-state index contributed by atoms with van der Waals surface area (Å²) in [6.07, 6.45) is 0. The van der Waals surface area contributed by atoms with Gasteiger partial charge >= 0.3 is 5.97 Å². The molecule has 0 atom stereocenters. The van der Waals surface area contributed by atoms with E-state index in [0.29, 0.717) is 16.9 Å². The standard InChI is InChI=1S/C16H9BrClFN2O2/c17-10-2-1-3-11(7-10)21-15(8-14(20-21)16(22)23)9-4-5-13(19)12(18)6-9/h1-8H,(H,22,23). The smallest absolute Gasteiger partial charge is 0.356 e. The molecule has 0 amide bonds. The molecule has 0 aliphatic rings. The number of benzene rings is 2. The highest BCUT2D eigenvalue weighted by molar-refractivity contribution is 9.10. The van der Waals surface area contributed by atoms with Gasteiger partial charge in [0.2, 0.25) is 0 Å². The molecule has 0 saturated heterocycles. The van der Waals surface area contributed by atoms with Crippen LogP contribution in [-0.2, 0) is 0 Å². The van der Waals surface area contributed by atoms with Crippen LogP contribution in [-0.4, -0.2) is 20.9 Å². The number of carbonyl (C=O) groups is 1. The van der Waals surface area contributed by atoms with Crippen LogP contribution in [0, 0.1) is 5.82 Å². The molecule has 1 aromatic heterocycles. The van der Waals surface area contributed by atoms with Crippen molar-refractivity contribution in [1.82, 2.24) is 9.78 Å². The Morgan fingerprint density at radius 1 is 1.22 bits per heavy atom. The molecule has 3 aromatic rings. The number of carboxylic acid groups (broad SMARTS) is 1. The van der Waals surface area contributed by atoms with Gasteiger partial charge in [-0.2, -0.15) is 5.10 Å². The van der Waals surface area contributed by atoms with Crippen molar-refractivity contribution in [3.63, 3.8) is 0 Å². The molecular weight excluding hydrogens is 387 g/mol. The molecule has 0 fully saturated rings. The van der Waals surface area contributed by atoms with Crippen molar-refractivity contribution in [1.29, 1.82) is 0 Å². The average Bonchev–Trinajstić information content (AvgIpc) is 2.95. The van der Waals surface area contributed by atoms with Crippen molar-refractivity contribution in [2.75, 3.05) is 0 Å². The Bertz CT molecular complexity index is 911. The lowest BCUT2D eigenvalue weighted by atomic mass is 10.1. The minimum absolute atomic E-state index is 0.0404. The summed E-state index contributed by atoms with van der Waals surface area (Å²) < 4.78 is 15.7. The number of aromatic nitrogens is 2. The number of nitrogens with zero attached hydrogens (tertiary/aromatic N) is 2. The van der Waals surface area contributed by atoms with Crippen LogP contribution < -0.4 is 0 Å². The maximum absolute atomic E-state index is 13.4. The Balaban J connectivity index is 2.22. The fraction of sp³-hybridized carbons (Fsp3) is 0. The van der Waals surface area contributed by atoms with E-state index >= 15 is 0 Å². The Hall–Kier alpha value is -2.18. The first-order valence-electron chi connectivity index (χ1n) is 6.50. The normalized spacial score (nSPS) is 10.7. The lowest BCUT2D eigenvalue weighted by Gasteiger charge is -2.08. The monoisotopic (exact) mass is 394 g/mol. The van der Waals surface area contributed by atoms with Gasteiger partial charge in [-0.05, 0) is 42.5 Å². The molecule has 0 aliphatic heterocycles. The number of hydrogen-bond donors (Lipinski definition) is 1. The van der Waals surface area contributed by atoms with E-state index < -0.39 is 11.8 Å². The molecule has 0 unspecified atom stereocenters. The maximum Gasteiger partial charge on any atom is 0.356 e. The van der Waals surface area contributed by atoms with E-state index in [9.17, 15) is 14.3 Å². The molecule has 0 spiro atoms. The molecule has 0 radical (unpaired) electrons. The zero-order valence-corrected chi connectivity index (χ0v) is 13.8. The van der Waals surface area contributed by atoms with Gasteiger partial charge < -0.3 is 5.11 Å². The molecule has 7 heteroatoms. The molecule has 0 aliphatic carbocycles. The number of carboxylic acids is 1. The van der Waals surface area contributed by atoms with Gasteiger partial charge in [0.1, 0.15) is 5.82 Å². The summed E-state index contributed by atoms with van der Waals surface area (Å²) in [5, 5.41) is 13.3. The van der Waals surface area contributed by atoms with Crippen LogP contribution in [0.1, 0.15) is 10.5 Å². The first kappa shape index (κ1) is 15.7. The highest BCUT2D eigenvalue weighted by Crippen LogP contribution is 2.28. The van der Waals surface area contributed by atoms with Crippen LogP contribution in [0.5, 0.6) is 0 Å². The predicted molar refractivity (Wildman–Crippen MR) is 88.6 cm³/mol.